The number of nitrogens with one attached hydrogen (secondary N) is 2. The van der Waals surface area contributed by atoms with Crippen molar-refractivity contribution in [1.82, 2.24) is 19.8 Å². The number of hydrogen-bond acceptors (Lipinski definition) is 5. The maximum Gasteiger partial charge on any atom is 0.209 e. The lowest BCUT2D eigenvalue weighted by molar-refractivity contribution is 0.172. The van der Waals surface area contributed by atoms with Gasteiger partial charge in [-0.05, 0) is 38.5 Å². The van der Waals surface area contributed by atoms with E-state index in [0.29, 0.717) is 13.1 Å². The number of benzene rings is 1. The summed E-state index contributed by atoms with van der Waals surface area (Å²) in [5.74, 6) is 0.680. The second-order valence-electron chi connectivity index (χ2n) is 8.16. The third-order valence-electron chi connectivity index (χ3n) is 4.71. The number of methoxy groups -OCH3 is 1. The van der Waals surface area contributed by atoms with E-state index in [1.807, 2.05) is 26.8 Å². The molecule has 2 rings (SSSR count). The highest BCUT2D eigenvalue weighted by molar-refractivity contribution is 14.0. The molecule has 0 unspecified atom stereocenters. The van der Waals surface area contributed by atoms with Crippen molar-refractivity contribution in [2.45, 2.75) is 32.9 Å². The van der Waals surface area contributed by atoms with Crippen molar-refractivity contribution in [2.24, 2.45) is 4.99 Å². The topological polar surface area (TPSA) is 86.3 Å². The number of sulfonamides is 1. The molecule has 2 N–H and O–H groups in total. The van der Waals surface area contributed by atoms with Gasteiger partial charge in [0.05, 0.1) is 19.9 Å². The molecule has 0 atom stereocenters. The molecule has 1 heterocycles. The second-order valence-corrected chi connectivity index (χ2v) is 9.91. The summed E-state index contributed by atoms with van der Waals surface area (Å²) in [5.41, 5.74) is 0.241. The van der Waals surface area contributed by atoms with E-state index in [2.05, 4.69) is 24.8 Å². The Morgan fingerprint density at radius 3 is 2.42 bits per heavy atom. The molecule has 8 nitrogen and oxygen atoms in total. The summed E-state index contributed by atoms with van der Waals surface area (Å²) in [6.45, 7) is 10.6. The average molecular weight is 572 g/mol. The lowest BCUT2D eigenvalue weighted by atomic mass is 10.1. The van der Waals surface area contributed by atoms with E-state index in [4.69, 9.17) is 4.74 Å². The first kappa shape index (κ1) is 27.9. The zero-order valence-corrected chi connectivity index (χ0v) is 22.1. The Bertz CT molecular complexity index is 843. The number of ether oxygens (including phenoxy) is 1. The van der Waals surface area contributed by atoms with Gasteiger partial charge in [0.2, 0.25) is 10.0 Å². The molecule has 0 aromatic heterocycles. The Hall–Kier alpha value is -1.18. The van der Waals surface area contributed by atoms with Crippen LogP contribution in [0.2, 0.25) is 0 Å². The van der Waals surface area contributed by atoms with Gasteiger partial charge in [-0.25, -0.2) is 17.5 Å². The van der Waals surface area contributed by atoms with Crippen molar-refractivity contribution in [1.29, 1.82) is 0 Å². The van der Waals surface area contributed by atoms with E-state index in [1.54, 1.807) is 6.07 Å². The number of nitrogens with zero attached hydrogens (tertiary/aromatic N) is 3. The van der Waals surface area contributed by atoms with Gasteiger partial charge < -0.3 is 15.0 Å². The predicted octanol–water partition coefficient (Wildman–Crippen LogP) is 1.86. The number of piperazine rings is 1. The molecule has 0 aliphatic carbocycles. The van der Waals surface area contributed by atoms with Crippen molar-refractivity contribution < 1.29 is 17.5 Å². The van der Waals surface area contributed by atoms with Crippen LogP contribution in [-0.2, 0) is 16.6 Å². The highest BCUT2D eigenvalue weighted by Gasteiger charge is 2.24. The molecular formula is C20H35FIN5O3S. The smallest absolute Gasteiger partial charge is 0.209 e. The highest BCUT2D eigenvalue weighted by atomic mass is 127. The van der Waals surface area contributed by atoms with Crippen LogP contribution in [0.3, 0.4) is 0 Å². The molecule has 0 saturated carbocycles. The van der Waals surface area contributed by atoms with Crippen molar-refractivity contribution in [3.05, 3.63) is 29.6 Å². The summed E-state index contributed by atoms with van der Waals surface area (Å²) in [6, 6.07) is 5.06. The van der Waals surface area contributed by atoms with Gasteiger partial charge in [-0.15, -0.1) is 24.0 Å². The maximum atomic E-state index is 13.9. The van der Waals surface area contributed by atoms with E-state index in [-0.39, 0.29) is 35.5 Å². The van der Waals surface area contributed by atoms with Crippen LogP contribution in [0.1, 0.15) is 26.3 Å². The lowest BCUT2D eigenvalue weighted by Crippen LogP contribution is -2.53. The summed E-state index contributed by atoms with van der Waals surface area (Å²) in [7, 11) is -1.85. The molecule has 1 aromatic carbocycles. The molecule has 1 fully saturated rings. The van der Waals surface area contributed by atoms with Crippen LogP contribution in [0.25, 0.3) is 0 Å². The van der Waals surface area contributed by atoms with Crippen molar-refractivity contribution >= 4 is 40.0 Å². The molecule has 0 bridgehead atoms. The molecule has 0 radical (unpaired) electrons. The fourth-order valence-corrected chi connectivity index (χ4v) is 4.49. The zero-order chi connectivity index (χ0) is 22.4. The molecular weight excluding hydrogens is 536 g/mol. The minimum Gasteiger partial charge on any atom is -0.494 e. The summed E-state index contributed by atoms with van der Waals surface area (Å²) in [6.07, 6.45) is 1.15. The van der Waals surface area contributed by atoms with E-state index < -0.39 is 15.6 Å². The largest absolute Gasteiger partial charge is 0.494 e. The molecule has 0 amide bonds. The van der Waals surface area contributed by atoms with Crippen molar-refractivity contribution in [3.63, 3.8) is 0 Å². The average Bonchev–Trinajstić information content (AvgIpc) is 2.64. The van der Waals surface area contributed by atoms with Crippen LogP contribution >= 0.6 is 24.0 Å². The predicted molar refractivity (Wildman–Crippen MR) is 133 cm³/mol. The van der Waals surface area contributed by atoms with Crippen molar-refractivity contribution in [3.8, 4) is 5.75 Å². The Morgan fingerprint density at radius 2 is 1.90 bits per heavy atom. The number of halogens is 2. The van der Waals surface area contributed by atoms with E-state index in [0.717, 1.165) is 50.5 Å². The van der Waals surface area contributed by atoms with E-state index in [1.165, 1.54) is 13.2 Å². The molecule has 1 aliphatic heterocycles. The first-order valence-electron chi connectivity index (χ1n) is 10.1. The van der Waals surface area contributed by atoms with Crippen LogP contribution in [0, 0.1) is 5.82 Å². The van der Waals surface area contributed by atoms with Crippen LogP contribution in [-0.4, -0.2) is 82.4 Å². The van der Waals surface area contributed by atoms with Gasteiger partial charge in [0, 0.05) is 44.8 Å². The minimum absolute atomic E-state index is 0. The summed E-state index contributed by atoms with van der Waals surface area (Å²) >= 11 is 0. The summed E-state index contributed by atoms with van der Waals surface area (Å²) in [5, 5.41) is 3.29. The van der Waals surface area contributed by atoms with Gasteiger partial charge in [0.1, 0.15) is 0 Å². The maximum absolute atomic E-state index is 13.9. The van der Waals surface area contributed by atoms with Crippen LogP contribution in [0.5, 0.6) is 5.75 Å². The van der Waals surface area contributed by atoms with Crippen LogP contribution < -0.4 is 14.8 Å². The quantitative estimate of drug-likeness (QED) is 0.282. The number of rotatable bonds is 8. The molecule has 31 heavy (non-hydrogen) atoms. The molecule has 1 saturated heterocycles. The van der Waals surface area contributed by atoms with E-state index in [9.17, 15) is 12.8 Å². The lowest BCUT2D eigenvalue weighted by Gasteiger charge is -2.37. The Labute approximate surface area is 202 Å². The third kappa shape index (κ3) is 9.46. The van der Waals surface area contributed by atoms with Gasteiger partial charge in [-0.1, -0.05) is 6.07 Å². The highest BCUT2D eigenvalue weighted by Crippen LogP contribution is 2.19. The first-order valence-corrected chi connectivity index (χ1v) is 12.0. The summed E-state index contributed by atoms with van der Waals surface area (Å²) in [4.78, 5) is 9.10. The molecule has 1 aromatic rings. The fourth-order valence-electron chi connectivity index (χ4n) is 3.42. The molecule has 1 aliphatic rings. The Morgan fingerprint density at radius 1 is 1.26 bits per heavy atom. The Balaban J connectivity index is 0.00000480. The Kier molecular flexibility index (Phi) is 10.9. The van der Waals surface area contributed by atoms with Crippen molar-refractivity contribution in [2.75, 3.05) is 52.6 Å². The number of hydrogen-bond donors (Lipinski definition) is 2. The number of guanidine groups is 1. The number of aliphatic imine (C=N–C) groups is 1. The second kappa shape index (κ2) is 12.2. The first-order chi connectivity index (χ1) is 14.0. The molecule has 0 spiro atoms. The van der Waals surface area contributed by atoms with Gasteiger partial charge in [0.25, 0.3) is 0 Å². The minimum atomic E-state index is -3.31. The standard InChI is InChI=1S/C20H34FN5O3S.HI/c1-6-22-19(23-15-20(2,3)24-30(5,27)28)26-11-9-25(10-12-26)14-16-7-8-18(29-4)17(21)13-16;/h7-8,13,24H,6,9-12,14-15H2,1-5H3,(H,22,23);1H. The van der Waals surface area contributed by atoms with Gasteiger partial charge in [0.15, 0.2) is 17.5 Å². The SMILES string of the molecule is CCNC(=NCC(C)(C)NS(C)(=O)=O)N1CCN(Cc2ccc(OC)c(F)c2)CC1.I. The van der Waals surface area contributed by atoms with Crippen LogP contribution in [0.4, 0.5) is 4.39 Å². The summed E-state index contributed by atoms with van der Waals surface area (Å²) < 4.78 is 44.6. The zero-order valence-electron chi connectivity index (χ0n) is 18.9. The third-order valence-corrected chi connectivity index (χ3v) is 5.64. The van der Waals surface area contributed by atoms with Gasteiger partial charge in [-0.3, -0.25) is 9.89 Å². The molecule has 11 heteroatoms. The van der Waals surface area contributed by atoms with Crippen LogP contribution in [0.15, 0.2) is 23.2 Å². The molecule has 178 valence electrons. The van der Waals surface area contributed by atoms with E-state index >= 15 is 0 Å². The normalized spacial score (nSPS) is 16.1. The van der Waals surface area contributed by atoms with Gasteiger partial charge in [-0.2, -0.15) is 0 Å². The monoisotopic (exact) mass is 571 g/mol. The van der Waals surface area contributed by atoms with Gasteiger partial charge >= 0.3 is 0 Å². The fraction of sp³-hybridized carbons (Fsp3) is 0.650.